The maximum absolute atomic E-state index is 13.1. The molecule has 2 aromatic rings. The summed E-state index contributed by atoms with van der Waals surface area (Å²) in [7, 11) is -3.68. The molecular formula is C17H21FN4O4S. The Morgan fingerprint density at radius 2 is 2.11 bits per heavy atom. The van der Waals surface area contributed by atoms with E-state index in [1.807, 2.05) is 0 Å². The van der Waals surface area contributed by atoms with Gasteiger partial charge in [-0.15, -0.1) is 0 Å². The number of aryl methyl sites for hydroxylation is 2. The first kappa shape index (κ1) is 18.3. The Bertz CT molecular complexity index is 927. The molecule has 0 radical (unpaired) electrons. The minimum absolute atomic E-state index is 0.100. The van der Waals surface area contributed by atoms with E-state index in [0.29, 0.717) is 31.2 Å². The molecule has 146 valence electrons. The van der Waals surface area contributed by atoms with Crippen LogP contribution in [0.2, 0.25) is 0 Å². The molecule has 2 unspecified atom stereocenters. The van der Waals surface area contributed by atoms with Gasteiger partial charge in [0.25, 0.3) is 0 Å². The summed E-state index contributed by atoms with van der Waals surface area (Å²) >= 11 is 0. The van der Waals surface area contributed by atoms with Gasteiger partial charge in [-0.25, -0.2) is 22.8 Å². The molecular weight excluding hydrogens is 375 g/mol. The van der Waals surface area contributed by atoms with Crippen molar-refractivity contribution in [1.29, 1.82) is 0 Å². The number of fused-ring (bicyclic) bond motifs is 1. The molecule has 8 nitrogen and oxygen atoms in total. The second-order valence-electron chi connectivity index (χ2n) is 7.37. The van der Waals surface area contributed by atoms with Crippen molar-refractivity contribution in [1.82, 2.24) is 19.4 Å². The van der Waals surface area contributed by atoms with Crippen molar-refractivity contribution >= 4 is 10.0 Å². The molecule has 27 heavy (non-hydrogen) atoms. The third-order valence-corrected chi connectivity index (χ3v) is 7.72. The van der Waals surface area contributed by atoms with Crippen molar-refractivity contribution < 1.29 is 22.1 Å². The van der Waals surface area contributed by atoms with E-state index in [9.17, 15) is 12.8 Å². The van der Waals surface area contributed by atoms with E-state index in [1.54, 1.807) is 13.8 Å². The third kappa shape index (κ3) is 3.10. The summed E-state index contributed by atoms with van der Waals surface area (Å²) in [4.78, 5) is 7.79. The highest BCUT2D eigenvalue weighted by Crippen LogP contribution is 2.50. The summed E-state index contributed by atoms with van der Waals surface area (Å²) in [5.41, 5.74) is 0.0821. The predicted octanol–water partition coefficient (Wildman–Crippen LogP) is 2.09. The molecule has 1 saturated carbocycles. The fourth-order valence-corrected chi connectivity index (χ4v) is 6.21. The van der Waals surface area contributed by atoms with E-state index in [1.165, 1.54) is 4.31 Å². The van der Waals surface area contributed by atoms with E-state index < -0.39 is 15.8 Å². The number of nitrogens with zero attached hydrogens (tertiary/aromatic N) is 4. The zero-order chi connectivity index (χ0) is 19.2. The van der Waals surface area contributed by atoms with E-state index >= 15 is 0 Å². The van der Waals surface area contributed by atoms with Crippen LogP contribution in [0.4, 0.5) is 4.39 Å². The first-order valence-corrected chi connectivity index (χ1v) is 10.3. The van der Waals surface area contributed by atoms with Gasteiger partial charge in [0, 0.05) is 18.5 Å². The van der Waals surface area contributed by atoms with Crippen LogP contribution in [-0.2, 0) is 10.0 Å². The fourth-order valence-electron chi connectivity index (χ4n) is 4.34. The molecule has 0 bridgehead atoms. The lowest BCUT2D eigenvalue weighted by Crippen LogP contribution is -2.36. The van der Waals surface area contributed by atoms with Crippen molar-refractivity contribution in [2.75, 3.05) is 19.7 Å². The molecule has 1 saturated heterocycles. The Morgan fingerprint density at radius 3 is 2.78 bits per heavy atom. The molecule has 0 aromatic carbocycles. The number of hydrogen-bond acceptors (Lipinski definition) is 7. The maximum atomic E-state index is 13.1. The largest absolute Gasteiger partial charge is 0.463 e. The van der Waals surface area contributed by atoms with E-state index in [0.717, 1.165) is 31.7 Å². The molecule has 2 aromatic heterocycles. The molecule has 1 aliphatic heterocycles. The van der Waals surface area contributed by atoms with Crippen molar-refractivity contribution in [2.24, 2.45) is 11.3 Å². The van der Waals surface area contributed by atoms with Gasteiger partial charge >= 0.3 is 6.01 Å². The van der Waals surface area contributed by atoms with Gasteiger partial charge < -0.3 is 9.26 Å². The van der Waals surface area contributed by atoms with Crippen LogP contribution in [0.1, 0.15) is 30.7 Å². The van der Waals surface area contributed by atoms with Crippen LogP contribution < -0.4 is 4.74 Å². The van der Waals surface area contributed by atoms with Crippen LogP contribution in [-0.4, -0.2) is 47.5 Å². The Hall–Kier alpha value is -2.07. The predicted molar refractivity (Wildman–Crippen MR) is 92.0 cm³/mol. The lowest BCUT2D eigenvalue weighted by atomic mass is 9.82. The lowest BCUT2D eigenvalue weighted by Gasteiger charge is -2.28. The molecule has 2 atom stereocenters. The van der Waals surface area contributed by atoms with E-state index in [-0.39, 0.29) is 22.2 Å². The van der Waals surface area contributed by atoms with E-state index in [2.05, 4.69) is 15.1 Å². The van der Waals surface area contributed by atoms with Gasteiger partial charge in [-0.05, 0) is 32.6 Å². The molecule has 4 rings (SSSR count). The summed E-state index contributed by atoms with van der Waals surface area (Å²) in [6.45, 7) is 4.35. The molecule has 10 heteroatoms. The van der Waals surface area contributed by atoms with Gasteiger partial charge in [0.1, 0.15) is 10.6 Å². The SMILES string of the molecule is Cc1noc(C)c1S(=O)(=O)N1CC2CCCC2(COc2ncc(F)cn2)C1. The maximum Gasteiger partial charge on any atom is 0.316 e. The molecule has 2 fully saturated rings. The number of halogens is 1. The van der Waals surface area contributed by atoms with E-state index in [4.69, 9.17) is 9.26 Å². The zero-order valence-corrected chi connectivity index (χ0v) is 16.0. The topological polar surface area (TPSA) is 98.4 Å². The number of sulfonamides is 1. The monoisotopic (exact) mass is 396 g/mol. The van der Waals surface area contributed by atoms with Gasteiger partial charge in [0.05, 0.1) is 19.0 Å². The highest BCUT2D eigenvalue weighted by Gasteiger charge is 2.53. The van der Waals surface area contributed by atoms with Gasteiger partial charge in [-0.1, -0.05) is 11.6 Å². The normalized spacial score (nSPS) is 25.7. The fraction of sp³-hybridized carbons (Fsp3) is 0.588. The van der Waals surface area contributed by atoms with Crippen LogP contribution in [0, 0.1) is 31.0 Å². The van der Waals surface area contributed by atoms with Crippen molar-refractivity contribution in [3.63, 3.8) is 0 Å². The minimum Gasteiger partial charge on any atom is -0.463 e. The van der Waals surface area contributed by atoms with Crippen LogP contribution in [0.25, 0.3) is 0 Å². The molecule has 2 aliphatic rings. The molecule has 0 N–H and O–H groups in total. The van der Waals surface area contributed by atoms with Gasteiger partial charge in [0.15, 0.2) is 11.6 Å². The van der Waals surface area contributed by atoms with Crippen LogP contribution >= 0.6 is 0 Å². The lowest BCUT2D eigenvalue weighted by molar-refractivity contribution is 0.125. The Balaban J connectivity index is 1.55. The number of ether oxygens (including phenoxy) is 1. The van der Waals surface area contributed by atoms with Crippen LogP contribution in [0.5, 0.6) is 6.01 Å². The Labute approximate surface area is 156 Å². The van der Waals surface area contributed by atoms with Gasteiger partial charge in [0.2, 0.25) is 10.0 Å². The first-order valence-electron chi connectivity index (χ1n) is 8.85. The van der Waals surface area contributed by atoms with Crippen molar-refractivity contribution in [3.05, 3.63) is 29.7 Å². The molecule has 0 spiro atoms. The Kier molecular flexibility index (Phi) is 4.42. The first-order chi connectivity index (χ1) is 12.8. The average Bonchev–Trinajstić information content (AvgIpc) is 3.27. The van der Waals surface area contributed by atoms with Gasteiger partial charge in [-0.2, -0.15) is 4.31 Å². The standard InChI is InChI=1S/C17H21FN4O4S/c1-11-15(12(2)26-21-11)27(23,24)22-8-13-4-3-5-17(13,9-22)10-25-16-19-6-14(18)7-20-16/h6-7,13H,3-5,8-10H2,1-2H3. The summed E-state index contributed by atoms with van der Waals surface area (Å²) < 4.78 is 51.5. The number of rotatable bonds is 5. The summed E-state index contributed by atoms with van der Waals surface area (Å²) in [5.74, 6) is -0.0281. The Morgan fingerprint density at radius 1 is 1.37 bits per heavy atom. The van der Waals surface area contributed by atoms with Crippen LogP contribution in [0.15, 0.2) is 21.8 Å². The molecule has 1 aliphatic carbocycles. The second kappa shape index (κ2) is 6.52. The van der Waals surface area contributed by atoms with Crippen molar-refractivity contribution in [3.8, 4) is 6.01 Å². The quantitative estimate of drug-likeness (QED) is 0.763. The summed E-state index contributed by atoms with van der Waals surface area (Å²) in [5, 5.41) is 3.77. The summed E-state index contributed by atoms with van der Waals surface area (Å²) in [6.07, 6.45) is 4.94. The summed E-state index contributed by atoms with van der Waals surface area (Å²) in [6, 6.07) is 0.100. The molecule has 3 heterocycles. The van der Waals surface area contributed by atoms with Gasteiger partial charge in [-0.3, -0.25) is 0 Å². The number of hydrogen-bond donors (Lipinski definition) is 0. The van der Waals surface area contributed by atoms with Crippen LogP contribution in [0.3, 0.4) is 0 Å². The minimum atomic E-state index is -3.68. The highest BCUT2D eigenvalue weighted by atomic mass is 32.2. The zero-order valence-electron chi connectivity index (χ0n) is 15.2. The molecule has 0 amide bonds. The smallest absolute Gasteiger partial charge is 0.316 e. The average molecular weight is 396 g/mol. The van der Waals surface area contributed by atoms with Crippen molar-refractivity contribution in [2.45, 2.75) is 38.0 Å². The third-order valence-electron chi connectivity index (χ3n) is 5.66. The second-order valence-corrected chi connectivity index (χ2v) is 9.25. The highest BCUT2D eigenvalue weighted by molar-refractivity contribution is 7.89. The number of aromatic nitrogens is 3.